The van der Waals surface area contributed by atoms with Gasteiger partial charge in [-0.15, -0.1) is 0 Å². The number of nitrogens with zero attached hydrogens (tertiary/aromatic N) is 1. The molecule has 0 spiro atoms. The molecule has 0 radical (unpaired) electrons. The molecule has 156 valence electrons. The first-order valence-corrected chi connectivity index (χ1v) is 11.0. The van der Waals surface area contributed by atoms with Crippen molar-refractivity contribution < 1.29 is 4.39 Å². The summed E-state index contributed by atoms with van der Waals surface area (Å²) in [6.45, 7) is 0. The summed E-state index contributed by atoms with van der Waals surface area (Å²) < 4.78 is 13.3. The standard InChI is InChI=1S/C31H20FN/c32-28-15-12-21(13-16-28)24-10-8-22-9-11-25(19-27(22)18-24)26-14-17-31(33-20-26)30-7-3-5-23-4-1-2-6-29(23)30/h1-20H. The highest BCUT2D eigenvalue weighted by Crippen LogP contribution is 2.31. The summed E-state index contributed by atoms with van der Waals surface area (Å²) in [5.74, 6) is -0.221. The van der Waals surface area contributed by atoms with Crippen molar-refractivity contribution in [3.63, 3.8) is 0 Å². The van der Waals surface area contributed by atoms with Crippen LogP contribution in [-0.2, 0) is 0 Å². The van der Waals surface area contributed by atoms with Crippen molar-refractivity contribution in [1.29, 1.82) is 0 Å². The summed E-state index contributed by atoms with van der Waals surface area (Å²) in [7, 11) is 0. The highest BCUT2D eigenvalue weighted by Gasteiger charge is 2.07. The number of benzene rings is 5. The molecular formula is C31H20FN. The molecule has 33 heavy (non-hydrogen) atoms. The lowest BCUT2D eigenvalue weighted by molar-refractivity contribution is 0.628. The summed E-state index contributed by atoms with van der Waals surface area (Å²) in [5.41, 5.74) is 6.38. The molecule has 0 aliphatic rings. The molecule has 1 aromatic heterocycles. The van der Waals surface area contributed by atoms with Gasteiger partial charge in [0.1, 0.15) is 5.82 Å². The number of hydrogen-bond donors (Lipinski definition) is 0. The first-order valence-electron chi connectivity index (χ1n) is 11.0. The number of rotatable bonds is 3. The molecule has 0 saturated carbocycles. The van der Waals surface area contributed by atoms with Gasteiger partial charge >= 0.3 is 0 Å². The van der Waals surface area contributed by atoms with E-state index in [-0.39, 0.29) is 5.82 Å². The molecule has 0 fully saturated rings. The minimum Gasteiger partial charge on any atom is -0.256 e. The van der Waals surface area contributed by atoms with Crippen LogP contribution in [0.1, 0.15) is 0 Å². The lowest BCUT2D eigenvalue weighted by Crippen LogP contribution is -1.87. The van der Waals surface area contributed by atoms with Gasteiger partial charge in [0.2, 0.25) is 0 Å². The molecule has 0 aliphatic heterocycles. The highest BCUT2D eigenvalue weighted by molar-refractivity contribution is 5.96. The molecule has 0 aliphatic carbocycles. The van der Waals surface area contributed by atoms with Crippen molar-refractivity contribution in [1.82, 2.24) is 4.98 Å². The van der Waals surface area contributed by atoms with Gasteiger partial charge in [0.25, 0.3) is 0 Å². The lowest BCUT2D eigenvalue weighted by Gasteiger charge is -2.09. The van der Waals surface area contributed by atoms with Crippen LogP contribution >= 0.6 is 0 Å². The van der Waals surface area contributed by atoms with Gasteiger partial charge in [0, 0.05) is 17.3 Å². The van der Waals surface area contributed by atoms with Gasteiger partial charge < -0.3 is 0 Å². The molecule has 6 aromatic rings. The number of halogens is 1. The van der Waals surface area contributed by atoms with E-state index >= 15 is 0 Å². The average Bonchev–Trinajstić information content (AvgIpc) is 2.88. The average molecular weight is 426 g/mol. The van der Waals surface area contributed by atoms with Crippen LogP contribution in [0, 0.1) is 5.82 Å². The van der Waals surface area contributed by atoms with E-state index in [4.69, 9.17) is 4.98 Å². The molecule has 1 heterocycles. The first-order chi connectivity index (χ1) is 16.2. The van der Waals surface area contributed by atoms with E-state index < -0.39 is 0 Å². The Morgan fingerprint density at radius 2 is 1.15 bits per heavy atom. The van der Waals surface area contributed by atoms with Gasteiger partial charge in [-0.3, -0.25) is 4.98 Å². The van der Waals surface area contributed by atoms with Gasteiger partial charge in [-0.05, 0) is 68.6 Å². The summed E-state index contributed by atoms with van der Waals surface area (Å²) in [4.78, 5) is 4.79. The van der Waals surface area contributed by atoms with Crippen LogP contribution in [0.15, 0.2) is 121 Å². The van der Waals surface area contributed by atoms with Gasteiger partial charge in [0.05, 0.1) is 5.69 Å². The van der Waals surface area contributed by atoms with Gasteiger partial charge in [-0.1, -0.05) is 84.9 Å². The summed E-state index contributed by atoms with van der Waals surface area (Å²) in [6, 6.07) is 38.4. The normalized spacial score (nSPS) is 11.2. The third-order valence-electron chi connectivity index (χ3n) is 6.18. The molecule has 0 unspecified atom stereocenters. The predicted octanol–water partition coefficient (Wildman–Crippen LogP) is 8.53. The van der Waals surface area contributed by atoms with E-state index in [2.05, 4.69) is 91.0 Å². The fraction of sp³-hybridized carbons (Fsp3) is 0. The van der Waals surface area contributed by atoms with E-state index in [1.807, 2.05) is 18.3 Å². The Balaban J connectivity index is 1.37. The maximum atomic E-state index is 13.3. The van der Waals surface area contributed by atoms with Gasteiger partial charge in [-0.2, -0.15) is 0 Å². The predicted molar refractivity (Wildman–Crippen MR) is 136 cm³/mol. The van der Waals surface area contributed by atoms with Crippen LogP contribution in [0.4, 0.5) is 4.39 Å². The largest absolute Gasteiger partial charge is 0.256 e. The summed E-state index contributed by atoms with van der Waals surface area (Å²) in [6.07, 6.45) is 1.95. The van der Waals surface area contributed by atoms with E-state index in [1.54, 1.807) is 0 Å². The maximum absolute atomic E-state index is 13.3. The summed E-state index contributed by atoms with van der Waals surface area (Å²) >= 11 is 0. The number of fused-ring (bicyclic) bond motifs is 2. The zero-order valence-corrected chi connectivity index (χ0v) is 17.9. The SMILES string of the molecule is Fc1ccc(-c2ccc3ccc(-c4ccc(-c5cccc6ccccc56)nc4)cc3c2)cc1. The van der Waals surface area contributed by atoms with Crippen LogP contribution in [0.3, 0.4) is 0 Å². The monoisotopic (exact) mass is 425 g/mol. The van der Waals surface area contributed by atoms with Crippen molar-refractivity contribution >= 4 is 21.5 Å². The van der Waals surface area contributed by atoms with Gasteiger partial charge in [0.15, 0.2) is 0 Å². The van der Waals surface area contributed by atoms with Crippen LogP contribution < -0.4 is 0 Å². The zero-order chi connectivity index (χ0) is 22.2. The van der Waals surface area contributed by atoms with Crippen molar-refractivity contribution in [3.05, 3.63) is 127 Å². The van der Waals surface area contributed by atoms with Crippen molar-refractivity contribution in [2.24, 2.45) is 0 Å². The van der Waals surface area contributed by atoms with E-state index in [9.17, 15) is 4.39 Å². The third kappa shape index (κ3) is 3.66. The zero-order valence-electron chi connectivity index (χ0n) is 17.9. The Hall–Kier alpha value is -4.30. The van der Waals surface area contributed by atoms with Crippen LogP contribution in [0.25, 0.3) is 55.1 Å². The van der Waals surface area contributed by atoms with Crippen molar-refractivity contribution in [2.45, 2.75) is 0 Å². The van der Waals surface area contributed by atoms with E-state index in [0.717, 1.165) is 38.9 Å². The quantitative estimate of drug-likeness (QED) is 0.277. The summed E-state index contributed by atoms with van der Waals surface area (Å²) in [5, 5.41) is 4.74. The maximum Gasteiger partial charge on any atom is 0.123 e. The molecule has 2 heteroatoms. The number of pyridine rings is 1. The second-order valence-corrected chi connectivity index (χ2v) is 8.24. The fourth-order valence-electron chi connectivity index (χ4n) is 4.42. The van der Waals surface area contributed by atoms with Gasteiger partial charge in [-0.25, -0.2) is 4.39 Å². The lowest BCUT2D eigenvalue weighted by atomic mass is 9.97. The smallest absolute Gasteiger partial charge is 0.123 e. The van der Waals surface area contributed by atoms with Crippen molar-refractivity contribution in [3.8, 4) is 33.5 Å². The van der Waals surface area contributed by atoms with Crippen LogP contribution in [0.2, 0.25) is 0 Å². The molecule has 6 rings (SSSR count). The van der Waals surface area contributed by atoms with Crippen molar-refractivity contribution in [2.75, 3.05) is 0 Å². The second-order valence-electron chi connectivity index (χ2n) is 8.24. The van der Waals surface area contributed by atoms with Crippen LogP contribution in [-0.4, -0.2) is 4.98 Å². The Bertz CT molecular complexity index is 1590. The van der Waals surface area contributed by atoms with E-state index in [0.29, 0.717) is 0 Å². The molecule has 0 N–H and O–H groups in total. The Labute approximate surface area is 191 Å². The molecule has 1 nitrogen and oxygen atoms in total. The number of hydrogen-bond acceptors (Lipinski definition) is 1. The minimum atomic E-state index is -0.221. The molecule has 0 bridgehead atoms. The molecule has 5 aromatic carbocycles. The second kappa shape index (κ2) is 7.99. The third-order valence-corrected chi connectivity index (χ3v) is 6.18. The first kappa shape index (κ1) is 19.4. The minimum absolute atomic E-state index is 0.221. The fourth-order valence-corrected chi connectivity index (χ4v) is 4.42. The number of aromatic nitrogens is 1. The molecule has 0 amide bonds. The molecule has 0 saturated heterocycles. The molecule has 0 atom stereocenters. The molecular weight excluding hydrogens is 405 g/mol. The Kier molecular flexibility index (Phi) is 4.70. The Morgan fingerprint density at radius 3 is 1.91 bits per heavy atom. The topological polar surface area (TPSA) is 12.9 Å². The van der Waals surface area contributed by atoms with E-state index in [1.165, 1.54) is 28.3 Å². The Morgan fingerprint density at radius 1 is 0.485 bits per heavy atom. The highest BCUT2D eigenvalue weighted by atomic mass is 19.1. The van der Waals surface area contributed by atoms with Crippen LogP contribution in [0.5, 0.6) is 0 Å².